The summed E-state index contributed by atoms with van der Waals surface area (Å²) >= 11 is 0. The third-order valence-corrected chi connectivity index (χ3v) is 8.88. The molecule has 8 nitrogen and oxygen atoms in total. The number of halogens is 2. The molecule has 2 aromatic carbocycles. The van der Waals surface area contributed by atoms with Gasteiger partial charge in [-0.15, -0.1) is 0 Å². The van der Waals surface area contributed by atoms with Crippen molar-refractivity contribution in [1.82, 2.24) is 18.5 Å². The molecular weight excluding hydrogens is 488 g/mol. The number of nitrogens with zero attached hydrogens (tertiary/aromatic N) is 4. The van der Waals surface area contributed by atoms with Crippen LogP contribution in [0.25, 0.3) is 33.5 Å². The highest BCUT2D eigenvalue weighted by atomic mass is 32.2. The van der Waals surface area contributed by atoms with Gasteiger partial charge in [-0.1, -0.05) is 6.07 Å². The highest BCUT2D eigenvalue weighted by Crippen LogP contribution is 2.39. The second kappa shape index (κ2) is 8.97. The summed E-state index contributed by atoms with van der Waals surface area (Å²) in [6.07, 6.45) is 3.90. The Morgan fingerprint density at radius 1 is 1.08 bits per heavy atom. The predicted molar refractivity (Wildman–Crippen MR) is 134 cm³/mol. The highest BCUT2D eigenvalue weighted by Gasteiger charge is 2.28. The molecule has 190 valence electrons. The number of nitrogens with two attached hydrogens (primary N) is 1. The summed E-state index contributed by atoms with van der Waals surface area (Å²) < 4.78 is 57.6. The van der Waals surface area contributed by atoms with Crippen LogP contribution in [0.1, 0.15) is 45.6 Å². The van der Waals surface area contributed by atoms with Crippen LogP contribution in [0.4, 0.5) is 14.7 Å². The average molecular weight is 516 g/mol. The van der Waals surface area contributed by atoms with Crippen LogP contribution in [0.3, 0.4) is 0 Å². The molecule has 4 aromatic rings. The number of benzene rings is 2. The van der Waals surface area contributed by atoms with Gasteiger partial charge in [-0.3, -0.25) is 0 Å². The Labute approximate surface area is 207 Å². The molecule has 2 heterocycles. The summed E-state index contributed by atoms with van der Waals surface area (Å²) in [5, 5.41) is 9.26. The lowest BCUT2D eigenvalue weighted by Gasteiger charge is -2.28. The lowest BCUT2D eigenvalue weighted by Crippen LogP contribution is -2.23. The Hall–Kier alpha value is -3.31. The Kier molecular flexibility index (Phi) is 6.08. The van der Waals surface area contributed by atoms with Gasteiger partial charge in [0.1, 0.15) is 11.6 Å². The van der Waals surface area contributed by atoms with Gasteiger partial charge in [-0.25, -0.2) is 31.1 Å². The predicted octanol–water partition coefficient (Wildman–Crippen LogP) is 4.49. The molecule has 1 saturated carbocycles. The van der Waals surface area contributed by atoms with Crippen LogP contribution >= 0.6 is 0 Å². The van der Waals surface area contributed by atoms with Gasteiger partial charge in [-0.2, -0.15) is 0 Å². The third kappa shape index (κ3) is 4.05. The summed E-state index contributed by atoms with van der Waals surface area (Å²) in [6, 6.07) is 8.41. The topological polar surface area (TPSA) is 116 Å². The molecule has 1 aliphatic rings. The van der Waals surface area contributed by atoms with Crippen molar-refractivity contribution in [2.24, 2.45) is 0 Å². The Bertz CT molecular complexity index is 1550. The molecule has 1 fully saturated rings. The van der Waals surface area contributed by atoms with Crippen molar-refractivity contribution in [2.75, 3.05) is 5.73 Å². The molecule has 11 heteroatoms. The van der Waals surface area contributed by atoms with Crippen molar-refractivity contribution < 1.29 is 22.3 Å². The summed E-state index contributed by atoms with van der Waals surface area (Å²) in [5.74, 6) is -1.59. The van der Waals surface area contributed by atoms with Crippen molar-refractivity contribution >= 4 is 27.0 Å². The zero-order valence-corrected chi connectivity index (χ0v) is 20.7. The molecule has 1 aliphatic carbocycles. The first-order valence-electron chi connectivity index (χ1n) is 11.8. The van der Waals surface area contributed by atoms with E-state index >= 15 is 0 Å². The van der Waals surface area contributed by atoms with E-state index in [0.29, 0.717) is 53.7 Å². The van der Waals surface area contributed by atoms with E-state index in [1.807, 2.05) is 4.57 Å². The second-order valence-electron chi connectivity index (χ2n) is 9.47. The van der Waals surface area contributed by atoms with Crippen LogP contribution in [-0.2, 0) is 10.0 Å². The third-order valence-electron chi connectivity index (χ3n) is 6.80. The fraction of sp³-hybridized carbons (Fsp3) is 0.360. The monoisotopic (exact) mass is 515 g/mol. The van der Waals surface area contributed by atoms with Gasteiger partial charge in [0.15, 0.2) is 0 Å². The van der Waals surface area contributed by atoms with Gasteiger partial charge >= 0.3 is 0 Å². The minimum atomic E-state index is -3.81. The quantitative estimate of drug-likeness (QED) is 0.405. The first-order valence-corrected chi connectivity index (χ1v) is 13.3. The SMILES string of the molecule is CC(C)S(=O)(=O)n1c(N)nc2ccc(-c3c(-c4ccc(F)cc4F)ncn3C3CCC(O)CC3)cc21. The number of imidazole rings is 2. The standard InChI is InChI=1S/C25H27F2N5O3S/c1-14(2)36(34,35)32-22-11-15(3-10-21(22)30-25(32)28)24-23(19-9-4-16(26)12-20(19)27)29-13-31(24)17-5-7-18(33)8-6-17/h3-4,9-14,17-18,33H,5-8H2,1-2H3,(H2,28,30). The minimum absolute atomic E-state index is 0.00164. The van der Waals surface area contributed by atoms with Gasteiger partial charge in [-0.05, 0) is 63.8 Å². The van der Waals surface area contributed by atoms with Gasteiger partial charge in [0, 0.05) is 23.2 Å². The summed E-state index contributed by atoms with van der Waals surface area (Å²) in [4.78, 5) is 8.72. The number of aromatic nitrogens is 4. The highest BCUT2D eigenvalue weighted by molar-refractivity contribution is 7.90. The summed E-state index contributed by atoms with van der Waals surface area (Å²) in [5.41, 5.74) is 8.31. The normalized spacial score (nSPS) is 18.8. The van der Waals surface area contributed by atoms with E-state index in [-0.39, 0.29) is 23.7 Å². The van der Waals surface area contributed by atoms with E-state index in [1.54, 1.807) is 38.4 Å². The van der Waals surface area contributed by atoms with E-state index < -0.39 is 26.9 Å². The number of hydrogen-bond donors (Lipinski definition) is 2. The Balaban J connectivity index is 1.75. The molecule has 2 aromatic heterocycles. The van der Waals surface area contributed by atoms with Crippen LogP contribution in [0, 0.1) is 11.6 Å². The number of anilines is 1. The summed E-state index contributed by atoms with van der Waals surface area (Å²) in [7, 11) is -3.81. The molecule has 0 saturated heterocycles. The van der Waals surface area contributed by atoms with Crippen LogP contribution < -0.4 is 5.73 Å². The van der Waals surface area contributed by atoms with E-state index in [9.17, 15) is 22.3 Å². The maximum Gasteiger partial charge on any atom is 0.244 e. The Morgan fingerprint density at radius 3 is 2.47 bits per heavy atom. The van der Waals surface area contributed by atoms with Crippen molar-refractivity contribution in [3.05, 3.63) is 54.4 Å². The Morgan fingerprint density at radius 2 is 1.81 bits per heavy atom. The number of aliphatic hydroxyl groups excluding tert-OH is 1. The second-order valence-corrected chi connectivity index (χ2v) is 11.8. The molecule has 0 bridgehead atoms. The van der Waals surface area contributed by atoms with Crippen LogP contribution in [-0.4, -0.2) is 43.4 Å². The number of nitrogen functional groups attached to an aromatic ring is 1. The van der Waals surface area contributed by atoms with Gasteiger partial charge in [0.05, 0.1) is 40.1 Å². The molecule has 0 amide bonds. The molecule has 36 heavy (non-hydrogen) atoms. The van der Waals surface area contributed by atoms with Crippen LogP contribution in [0.15, 0.2) is 42.7 Å². The van der Waals surface area contributed by atoms with E-state index in [0.717, 1.165) is 10.0 Å². The van der Waals surface area contributed by atoms with Gasteiger partial charge in [0.2, 0.25) is 16.0 Å². The number of aliphatic hydroxyl groups is 1. The van der Waals surface area contributed by atoms with Gasteiger partial charge < -0.3 is 15.4 Å². The molecule has 0 spiro atoms. The molecule has 5 rings (SSSR count). The largest absolute Gasteiger partial charge is 0.393 e. The molecule has 0 atom stereocenters. The fourth-order valence-corrected chi connectivity index (χ4v) is 5.98. The molecule has 0 unspecified atom stereocenters. The lowest BCUT2D eigenvalue weighted by molar-refractivity contribution is 0.111. The first kappa shape index (κ1) is 24.4. The number of hydrogen-bond acceptors (Lipinski definition) is 6. The molecular formula is C25H27F2N5O3S. The average Bonchev–Trinajstić information content (AvgIpc) is 3.39. The molecule has 0 aliphatic heterocycles. The van der Waals surface area contributed by atoms with Crippen molar-refractivity contribution in [3.63, 3.8) is 0 Å². The summed E-state index contributed by atoms with van der Waals surface area (Å²) in [6.45, 7) is 3.12. The smallest absolute Gasteiger partial charge is 0.244 e. The van der Waals surface area contributed by atoms with Crippen LogP contribution in [0.5, 0.6) is 0 Å². The molecule has 3 N–H and O–H groups in total. The zero-order chi connectivity index (χ0) is 25.8. The zero-order valence-electron chi connectivity index (χ0n) is 19.9. The van der Waals surface area contributed by atoms with Crippen molar-refractivity contribution in [1.29, 1.82) is 0 Å². The maximum absolute atomic E-state index is 14.9. The lowest BCUT2D eigenvalue weighted by atomic mass is 9.92. The van der Waals surface area contributed by atoms with E-state index in [2.05, 4.69) is 9.97 Å². The first-order chi connectivity index (χ1) is 17.1. The van der Waals surface area contributed by atoms with E-state index in [4.69, 9.17) is 5.73 Å². The maximum atomic E-state index is 14.9. The van der Waals surface area contributed by atoms with Crippen molar-refractivity contribution in [2.45, 2.75) is 56.9 Å². The molecule has 0 radical (unpaired) electrons. The fourth-order valence-electron chi connectivity index (χ4n) is 4.84. The number of fused-ring (bicyclic) bond motifs is 1. The van der Waals surface area contributed by atoms with E-state index in [1.165, 1.54) is 12.1 Å². The number of rotatable bonds is 5. The van der Waals surface area contributed by atoms with Crippen LogP contribution in [0.2, 0.25) is 0 Å². The minimum Gasteiger partial charge on any atom is -0.393 e. The van der Waals surface area contributed by atoms with Crippen molar-refractivity contribution in [3.8, 4) is 22.5 Å². The van der Waals surface area contributed by atoms with Gasteiger partial charge in [0.25, 0.3) is 0 Å².